The van der Waals surface area contributed by atoms with Gasteiger partial charge >= 0.3 is 6.55 Å². The Morgan fingerprint density at radius 2 is 1.78 bits per heavy atom. The Hall–Kier alpha value is -2.20. The number of hydrogen-bond acceptors (Lipinski definition) is 4. The summed E-state index contributed by atoms with van der Waals surface area (Å²) < 4.78 is 52.0. The maximum absolute atomic E-state index is 13.3. The van der Waals surface area contributed by atoms with E-state index in [-0.39, 0.29) is 10.9 Å². The number of anilines is 1. The molecule has 10 heteroatoms. The fraction of sp³-hybridized carbons (Fsp3) is 0.176. The van der Waals surface area contributed by atoms with Crippen LogP contribution < -0.4 is 5.32 Å². The molecule has 1 N–H and O–H groups in total. The van der Waals surface area contributed by atoms with Crippen LogP contribution in [0.15, 0.2) is 58.6 Å². The number of alkyl halides is 4. The average Bonchev–Trinajstić information content (AvgIpc) is 3.00. The maximum Gasteiger partial charge on any atom is 0.321 e. The van der Waals surface area contributed by atoms with Crippen molar-refractivity contribution in [3.05, 3.63) is 48.5 Å². The predicted molar refractivity (Wildman–Crippen MR) is 98.6 cm³/mol. The van der Waals surface area contributed by atoms with Gasteiger partial charge in [-0.25, -0.2) is 4.98 Å². The van der Waals surface area contributed by atoms with Crippen molar-refractivity contribution in [2.24, 2.45) is 0 Å². The van der Waals surface area contributed by atoms with E-state index < -0.39 is 18.2 Å². The molecular formula is C17H13F4N3OS2. The van der Waals surface area contributed by atoms with Crippen LogP contribution in [-0.2, 0) is 4.79 Å². The molecule has 3 aromatic rings. The summed E-state index contributed by atoms with van der Waals surface area (Å²) in [5.41, 5.74) is 1.15. The number of halogens is 4. The van der Waals surface area contributed by atoms with Gasteiger partial charge in [0.1, 0.15) is 0 Å². The number of aromatic nitrogens is 2. The minimum atomic E-state index is -2.78. The molecule has 2 aromatic carbocycles. The van der Waals surface area contributed by atoms with Gasteiger partial charge in [-0.3, -0.25) is 9.36 Å². The number of rotatable bonds is 7. The first kappa shape index (κ1) is 19.6. The molecule has 0 saturated heterocycles. The molecule has 27 heavy (non-hydrogen) atoms. The molecule has 0 unspecified atom stereocenters. The number of benzene rings is 2. The molecule has 1 heterocycles. The van der Waals surface area contributed by atoms with Crippen molar-refractivity contribution < 1.29 is 22.4 Å². The van der Waals surface area contributed by atoms with Crippen molar-refractivity contribution in [2.75, 3.05) is 11.1 Å². The number of nitrogens with zero attached hydrogens (tertiary/aromatic N) is 2. The second-order valence-corrected chi connectivity index (χ2v) is 7.28. The van der Waals surface area contributed by atoms with E-state index in [0.29, 0.717) is 33.4 Å². The molecule has 0 aliphatic carbocycles. The quantitative estimate of drug-likeness (QED) is 0.410. The number of imidazole rings is 1. The third kappa shape index (κ3) is 4.95. The molecule has 0 aliphatic rings. The molecule has 0 atom stereocenters. The molecule has 1 amide bonds. The second-order valence-electron chi connectivity index (χ2n) is 5.27. The standard InChI is InChI=1S/C17H13F4N3OS2/c18-15(19)24-13-4-2-1-3-12(13)23-17(24)26-9-14(25)22-10-5-7-11(8-6-10)27-16(20)21/h1-8,15-16H,9H2,(H,22,25). The van der Waals surface area contributed by atoms with E-state index in [9.17, 15) is 22.4 Å². The van der Waals surface area contributed by atoms with Gasteiger partial charge in [-0.1, -0.05) is 35.7 Å². The van der Waals surface area contributed by atoms with Crippen LogP contribution >= 0.6 is 23.5 Å². The lowest BCUT2D eigenvalue weighted by Crippen LogP contribution is -2.14. The van der Waals surface area contributed by atoms with Crippen molar-refractivity contribution in [3.8, 4) is 0 Å². The van der Waals surface area contributed by atoms with Crippen LogP contribution in [0.5, 0.6) is 0 Å². The van der Waals surface area contributed by atoms with Gasteiger partial charge in [-0.15, -0.1) is 0 Å². The number of fused-ring (bicyclic) bond motifs is 1. The number of amides is 1. The summed E-state index contributed by atoms with van der Waals surface area (Å²) in [4.78, 5) is 16.6. The fourth-order valence-electron chi connectivity index (χ4n) is 2.36. The highest BCUT2D eigenvalue weighted by molar-refractivity contribution is 8.00. The molecule has 1 aromatic heterocycles. The van der Waals surface area contributed by atoms with Gasteiger partial charge in [0, 0.05) is 10.6 Å². The average molecular weight is 415 g/mol. The smallest absolute Gasteiger partial charge is 0.321 e. The van der Waals surface area contributed by atoms with Gasteiger partial charge in [0.05, 0.1) is 16.8 Å². The molecule has 0 radical (unpaired) electrons. The van der Waals surface area contributed by atoms with Gasteiger partial charge < -0.3 is 5.32 Å². The lowest BCUT2D eigenvalue weighted by molar-refractivity contribution is -0.113. The van der Waals surface area contributed by atoms with Crippen LogP contribution in [0.4, 0.5) is 23.2 Å². The van der Waals surface area contributed by atoms with E-state index >= 15 is 0 Å². The monoisotopic (exact) mass is 415 g/mol. The van der Waals surface area contributed by atoms with Crippen LogP contribution in [0.1, 0.15) is 6.55 Å². The Labute approximate surface area is 160 Å². The Balaban J connectivity index is 1.64. The molecule has 0 bridgehead atoms. The first-order valence-corrected chi connectivity index (χ1v) is 9.53. The SMILES string of the molecule is O=C(CSc1nc2ccccc2n1C(F)F)Nc1ccc(SC(F)F)cc1. The van der Waals surface area contributed by atoms with Crippen LogP contribution in [-0.4, -0.2) is 27.0 Å². The highest BCUT2D eigenvalue weighted by Gasteiger charge is 2.18. The third-order valence-corrected chi connectivity index (χ3v) is 5.13. The lowest BCUT2D eigenvalue weighted by atomic mass is 10.3. The highest BCUT2D eigenvalue weighted by Crippen LogP contribution is 2.29. The van der Waals surface area contributed by atoms with Gasteiger partial charge in [0.25, 0.3) is 5.76 Å². The van der Waals surface area contributed by atoms with Crippen LogP contribution in [0, 0.1) is 0 Å². The van der Waals surface area contributed by atoms with E-state index in [1.54, 1.807) is 18.2 Å². The van der Waals surface area contributed by atoms with Crippen LogP contribution in [0.3, 0.4) is 0 Å². The molecule has 142 valence electrons. The minimum absolute atomic E-state index is 0.0463. The summed E-state index contributed by atoms with van der Waals surface area (Å²) in [6.07, 6.45) is 0. The van der Waals surface area contributed by atoms with Crippen molar-refractivity contribution >= 4 is 46.2 Å². The van der Waals surface area contributed by atoms with Gasteiger partial charge in [0.15, 0.2) is 5.16 Å². The molecule has 0 fully saturated rings. The molecule has 0 spiro atoms. The number of carbonyl (C=O) groups is 1. The zero-order valence-electron chi connectivity index (χ0n) is 13.6. The predicted octanol–water partition coefficient (Wildman–Crippen LogP) is 5.48. The summed E-state index contributed by atoms with van der Waals surface area (Å²) in [5.74, 6) is -3.05. The summed E-state index contributed by atoms with van der Waals surface area (Å²) in [5, 5.41) is 2.64. The minimum Gasteiger partial charge on any atom is -0.325 e. The van der Waals surface area contributed by atoms with Crippen LogP contribution in [0.25, 0.3) is 11.0 Å². The van der Waals surface area contributed by atoms with E-state index in [0.717, 1.165) is 16.3 Å². The van der Waals surface area contributed by atoms with E-state index in [1.807, 2.05) is 0 Å². The largest absolute Gasteiger partial charge is 0.325 e. The molecule has 4 nitrogen and oxygen atoms in total. The Morgan fingerprint density at radius 1 is 1.07 bits per heavy atom. The summed E-state index contributed by atoms with van der Waals surface area (Å²) in [6.45, 7) is -2.78. The van der Waals surface area contributed by atoms with Crippen molar-refractivity contribution in [1.29, 1.82) is 0 Å². The van der Waals surface area contributed by atoms with E-state index in [1.165, 1.54) is 30.3 Å². The molecule has 0 aliphatic heterocycles. The van der Waals surface area contributed by atoms with Crippen molar-refractivity contribution in [3.63, 3.8) is 0 Å². The number of carbonyl (C=O) groups excluding carboxylic acids is 1. The Kier molecular flexibility index (Phi) is 6.27. The third-order valence-electron chi connectivity index (χ3n) is 3.45. The van der Waals surface area contributed by atoms with E-state index in [4.69, 9.17) is 0 Å². The highest BCUT2D eigenvalue weighted by atomic mass is 32.2. The second kappa shape index (κ2) is 8.66. The van der Waals surface area contributed by atoms with Crippen LogP contribution in [0.2, 0.25) is 0 Å². The van der Waals surface area contributed by atoms with Gasteiger partial charge in [-0.05, 0) is 36.4 Å². The molecule has 0 saturated carbocycles. The topological polar surface area (TPSA) is 46.9 Å². The zero-order chi connectivity index (χ0) is 19.4. The Bertz CT molecular complexity index is 932. The number of nitrogens with one attached hydrogen (secondary N) is 1. The van der Waals surface area contributed by atoms with E-state index in [2.05, 4.69) is 10.3 Å². The first-order valence-electron chi connectivity index (χ1n) is 7.66. The maximum atomic E-state index is 13.3. The fourth-order valence-corrected chi connectivity index (χ4v) is 3.67. The number of thioether (sulfide) groups is 2. The van der Waals surface area contributed by atoms with Crippen molar-refractivity contribution in [2.45, 2.75) is 22.4 Å². The molecular weight excluding hydrogens is 402 g/mol. The van der Waals surface area contributed by atoms with Crippen molar-refractivity contribution in [1.82, 2.24) is 9.55 Å². The summed E-state index contributed by atoms with van der Waals surface area (Å²) in [7, 11) is 0. The summed E-state index contributed by atoms with van der Waals surface area (Å²) >= 11 is 1.30. The van der Waals surface area contributed by atoms with Gasteiger partial charge in [-0.2, -0.15) is 17.6 Å². The van der Waals surface area contributed by atoms with Gasteiger partial charge in [0.2, 0.25) is 5.91 Å². The number of hydrogen-bond donors (Lipinski definition) is 1. The Morgan fingerprint density at radius 3 is 2.44 bits per heavy atom. The zero-order valence-corrected chi connectivity index (χ0v) is 15.2. The normalized spacial score (nSPS) is 11.5. The molecule has 3 rings (SSSR count). The first-order chi connectivity index (χ1) is 12.9. The number of para-hydroxylation sites is 2. The lowest BCUT2D eigenvalue weighted by Gasteiger charge is -2.08. The summed E-state index contributed by atoms with van der Waals surface area (Å²) in [6, 6.07) is 12.4.